The van der Waals surface area contributed by atoms with Crippen molar-refractivity contribution in [2.75, 3.05) is 25.1 Å². The third-order valence-electron chi connectivity index (χ3n) is 4.47. The third kappa shape index (κ3) is 2.86. The van der Waals surface area contributed by atoms with Gasteiger partial charge in [0.2, 0.25) is 0 Å². The first-order valence-corrected chi connectivity index (χ1v) is 9.39. The standard InChI is InChI=1S/C18H18N2O3S2/c1-18(2)12-7-11(6-10(9-19)17(22)23)24-15(12)16-13(18)8-14(25-16)20(3)4-5-21/h6-8,21H,4-5H2,1-3H3,(H,22,23)/b10-6+. The molecule has 0 amide bonds. The number of anilines is 1. The summed E-state index contributed by atoms with van der Waals surface area (Å²) in [6.07, 6.45) is 1.44. The van der Waals surface area contributed by atoms with Crippen LogP contribution in [0.5, 0.6) is 0 Å². The first kappa shape index (κ1) is 17.7. The molecule has 1 aliphatic carbocycles. The van der Waals surface area contributed by atoms with Crippen LogP contribution in [0.15, 0.2) is 17.7 Å². The van der Waals surface area contributed by atoms with Gasteiger partial charge in [-0.3, -0.25) is 0 Å². The molecule has 0 bridgehead atoms. The smallest absolute Gasteiger partial charge is 0.346 e. The summed E-state index contributed by atoms with van der Waals surface area (Å²) in [5.41, 5.74) is 2.00. The van der Waals surface area contributed by atoms with Crippen molar-refractivity contribution in [3.63, 3.8) is 0 Å². The van der Waals surface area contributed by atoms with Gasteiger partial charge in [0, 0.05) is 28.8 Å². The minimum atomic E-state index is -1.21. The van der Waals surface area contributed by atoms with E-state index < -0.39 is 5.97 Å². The summed E-state index contributed by atoms with van der Waals surface area (Å²) in [4.78, 5) is 16.2. The average molecular weight is 374 g/mol. The lowest BCUT2D eigenvalue weighted by atomic mass is 9.84. The fourth-order valence-electron chi connectivity index (χ4n) is 3.00. The largest absolute Gasteiger partial charge is 0.477 e. The maximum absolute atomic E-state index is 11.1. The van der Waals surface area contributed by atoms with E-state index in [4.69, 9.17) is 15.5 Å². The first-order valence-electron chi connectivity index (χ1n) is 7.75. The zero-order valence-electron chi connectivity index (χ0n) is 14.2. The molecule has 2 N–H and O–H groups in total. The average Bonchev–Trinajstić information content (AvgIpc) is 3.20. The zero-order valence-corrected chi connectivity index (χ0v) is 15.8. The lowest BCUT2D eigenvalue weighted by Gasteiger charge is -2.20. The maximum atomic E-state index is 11.1. The second-order valence-corrected chi connectivity index (χ2v) is 8.58. The topological polar surface area (TPSA) is 84.6 Å². The van der Waals surface area contributed by atoms with Gasteiger partial charge in [0.25, 0.3) is 0 Å². The van der Waals surface area contributed by atoms with Gasteiger partial charge in [0.1, 0.15) is 11.6 Å². The summed E-state index contributed by atoms with van der Waals surface area (Å²) in [5.74, 6) is -1.21. The van der Waals surface area contributed by atoms with Gasteiger partial charge in [-0.05, 0) is 29.3 Å². The van der Waals surface area contributed by atoms with E-state index in [9.17, 15) is 4.79 Å². The Morgan fingerprint density at radius 1 is 1.32 bits per heavy atom. The van der Waals surface area contributed by atoms with Gasteiger partial charge in [-0.25, -0.2) is 4.79 Å². The maximum Gasteiger partial charge on any atom is 0.346 e. The molecular weight excluding hydrogens is 356 g/mol. The van der Waals surface area contributed by atoms with Crippen molar-refractivity contribution in [1.82, 2.24) is 0 Å². The molecule has 0 radical (unpaired) electrons. The molecule has 2 heterocycles. The van der Waals surface area contributed by atoms with Crippen molar-refractivity contribution in [3.05, 3.63) is 33.7 Å². The molecule has 25 heavy (non-hydrogen) atoms. The molecule has 0 aromatic carbocycles. The van der Waals surface area contributed by atoms with Crippen LogP contribution in [0.1, 0.15) is 29.9 Å². The van der Waals surface area contributed by atoms with Gasteiger partial charge in [-0.15, -0.1) is 22.7 Å². The second-order valence-electron chi connectivity index (χ2n) is 6.46. The highest BCUT2D eigenvalue weighted by Crippen LogP contribution is 2.57. The Kier molecular flexibility index (Phi) is 4.45. The molecule has 0 fully saturated rings. The van der Waals surface area contributed by atoms with Gasteiger partial charge in [0.05, 0.1) is 16.5 Å². The normalized spacial score (nSPS) is 14.8. The lowest BCUT2D eigenvalue weighted by Crippen LogP contribution is -2.20. The SMILES string of the molecule is CN(CCO)c1cc2c(s1)-c1sc(/C=C(\C#N)C(=O)O)cc1C2(C)C. The van der Waals surface area contributed by atoms with Gasteiger partial charge < -0.3 is 15.1 Å². The van der Waals surface area contributed by atoms with Crippen molar-refractivity contribution < 1.29 is 15.0 Å². The summed E-state index contributed by atoms with van der Waals surface area (Å²) >= 11 is 3.20. The van der Waals surface area contributed by atoms with Crippen LogP contribution in [0.2, 0.25) is 0 Å². The third-order valence-corrected chi connectivity index (χ3v) is 6.97. The van der Waals surface area contributed by atoms with Crippen molar-refractivity contribution in [1.29, 1.82) is 5.26 Å². The van der Waals surface area contributed by atoms with Crippen LogP contribution in [0.3, 0.4) is 0 Å². The lowest BCUT2D eigenvalue weighted by molar-refractivity contribution is -0.132. The Balaban J connectivity index is 2.07. The molecule has 0 spiro atoms. The number of likely N-dealkylation sites (N-methyl/N-ethyl adjacent to an activating group) is 1. The van der Waals surface area contributed by atoms with Crippen molar-refractivity contribution >= 4 is 39.7 Å². The quantitative estimate of drug-likeness (QED) is 0.618. The number of rotatable bonds is 5. The molecule has 130 valence electrons. The number of aliphatic hydroxyl groups excluding tert-OH is 1. The summed E-state index contributed by atoms with van der Waals surface area (Å²) < 4.78 is 0. The van der Waals surface area contributed by atoms with Gasteiger partial charge in [-0.2, -0.15) is 5.26 Å². The minimum absolute atomic E-state index is 0.105. The number of nitriles is 1. The summed E-state index contributed by atoms with van der Waals surface area (Å²) in [6.45, 7) is 4.99. The molecule has 5 nitrogen and oxygen atoms in total. The Hall–Kier alpha value is -2.14. The van der Waals surface area contributed by atoms with E-state index in [0.717, 1.165) is 14.8 Å². The van der Waals surface area contributed by atoms with Gasteiger partial charge in [-0.1, -0.05) is 13.8 Å². The van der Waals surface area contributed by atoms with Crippen molar-refractivity contribution in [2.45, 2.75) is 19.3 Å². The number of nitrogens with zero attached hydrogens (tertiary/aromatic N) is 2. The Labute approximate surface area is 154 Å². The Bertz CT molecular complexity index is 915. The molecule has 0 saturated carbocycles. The summed E-state index contributed by atoms with van der Waals surface area (Å²) in [5, 5.41) is 28.3. The minimum Gasteiger partial charge on any atom is -0.477 e. The highest BCUT2D eigenvalue weighted by Gasteiger charge is 2.39. The molecule has 1 aliphatic rings. The van der Waals surface area contributed by atoms with Crippen LogP contribution in [0.25, 0.3) is 15.8 Å². The second kappa shape index (κ2) is 6.30. The van der Waals surface area contributed by atoms with E-state index in [-0.39, 0.29) is 17.6 Å². The molecule has 2 aromatic rings. The fraction of sp³-hybridized carbons (Fsp3) is 0.333. The molecule has 3 rings (SSSR count). The van der Waals surface area contributed by atoms with Gasteiger partial charge in [0.15, 0.2) is 0 Å². The number of fused-ring (bicyclic) bond motifs is 3. The van der Waals surface area contributed by atoms with Crippen LogP contribution in [-0.4, -0.2) is 36.4 Å². The highest BCUT2D eigenvalue weighted by molar-refractivity contribution is 7.25. The number of carboxylic acid groups (broad SMARTS) is 1. The van der Waals surface area contributed by atoms with Crippen LogP contribution >= 0.6 is 22.7 Å². The number of thiophene rings is 2. The van der Waals surface area contributed by atoms with Gasteiger partial charge >= 0.3 is 5.97 Å². The van der Waals surface area contributed by atoms with E-state index in [1.807, 2.05) is 18.0 Å². The van der Waals surface area contributed by atoms with E-state index in [1.54, 1.807) is 17.4 Å². The summed E-state index contributed by atoms with van der Waals surface area (Å²) in [7, 11) is 1.96. The molecule has 0 saturated heterocycles. The number of hydrogen-bond acceptors (Lipinski definition) is 6. The number of carbonyl (C=O) groups is 1. The van der Waals surface area contributed by atoms with Crippen LogP contribution < -0.4 is 4.90 Å². The van der Waals surface area contributed by atoms with Crippen LogP contribution in [-0.2, 0) is 10.2 Å². The van der Waals surface area contributed by atoms with E-state index >= 15 is 0 Å². The number of aliphatic hydroxyl groups is 1. The van der Waals surface area contributed by atoms with Crippen molar-refractivity contribution in [2.24, 2.45) is 0 Å². The van der Waals surface area contributed by atoms with Crippen molar-refractivity contribution in [3.8, 4) is 15.8 Å². The molecule has 2 aromatic heterocycles. The molecular formula is C18H18N2O3S2. The van der Waals surface area contributed by atoms with E-state index in [1.165, 1.54) is 33.4 Å². The van der Waals surface area contributed by atoms with E-state index in [2.05, 4.69) is 19.9 Å². The summed E-state index contributed by atoms with van der Waals surface area (Å²) in [6, 6.07) is 5.89. The molecule has 7 heteroatoms. The highest BCUT2D eigenvalue weighted by atomic mass is 32.1. The molecule has 0 unspecified atom stereocenters. The first-order chi connectivity index (χ1) is 11.8. The van der Waals surface area contributed by atoms with E-state index in [0.29, 0.717) is 6.54 Å². The zero-order chi connectivity index (χ0) is 18.4. The predicted octanol–water partition coefficient (Wildman–Crippen LogP) is 3.54. The van der Waals surface area contributed by atoms with Crippen LogP contribution in [0.4, 0.5) is 5.00 Å². The molecule has 0 atom stereocenters. The van der Waals surface area contributed by atoms with Crippen LogP contribution in [0, 0.1) is 11.3 Å². The fourth-order valence-corrected chi connectivity index (χ4v) is 5.73. The number of aliphatic carboxylic acids is 1. The predicted molar refractivity (Wildman–Crippen MR) is 101 cm³/mol. The monoisotopic (exact) mass is 374 g/mol. The molecule has 0 aliphatic heterocycles. The Morgan fingerprint density at radius 3 is 2.56 bits per heavy atom. The Morgan fingerprint density at radius 2 is 1.96 bits per heavy atom. The number of carboxylic acids is 1. The number of hydrogen-bond donors (Lipinski definition) is 2.